The van der Waals surface area contributed by atoms with Crippen molar-refractivity contribution in [2.75, 3.05) is 7.11 Å². The summed E-state index contributed by atoms with van der Waals surface area (Å²) in [7, 11) is 1.56. The minimum Gasteiger partial charge on any atom is -0.497 e. The van der Waals surface area contributed by atoms with E-state index in [0.29, 0.717) is 23.1 Å². The quantitative estimate of drug-likeness (QED) is 0.833. The average Bonchev–Trinajstić information content (AvgIpc) is 3.22. The molecular weight excluding hydrogens is 258 g/mol. The van der Waals surface area contributed by atoms with Crippen LogP contribution in [0, 0.1) is 0 Å². The molecule has 1 saturated carbocycles. The number of amides is 1. The summed E-state index contributed by atoms with van der Waals surface area (Å²) in [6, 6.07) is 5.48. The fourth-order valence-corrected chi connectivity index (χ4v) is 1.88. The molecule has 1 aliphatic rings. The van der Waals surface area contributed by atoms with E-state index in [0.717, 1.165) is 12.8 Å². The predicted molar refractivity (Wildman–Crippen MR) is 74.9 cm³/mol. The van der Waals surface area contributed by atoms with Gasteiger partial charge in [-0.2, -0.15) is 0 Å². The zero-order valence-corrected chi connectivity index (χ0v) is 12.1. The molecule has 5 heteroatoms. The second-order valence-electron chi connectivity index (χ2n) is 5.12. The van der Waals surface area contributed by atoms with Crippen molar-refractivity contribution in [3.63, 3.8) is 0 Å². The lowest BCUT2D eigenvalue weighted by molar-refractivity contribution is -0.127. The van der Waals surface area contributed by atoms with Crippen molar-refractivity contribution in [2.45, 2.75) is 44.9 Å². The Bertz CT molecular complexity index is 483. The van der Waals surface area contributed by atoms with Crippen LogP contribution in [0.3, 0.4) is 0 Å². The van der Waals surface area contributed by atoms with Crippen molar-refractivity contribution >= 4 is 5.91 Å². The Labute approximate surface area is 118 Å². The molecule has 0 aliphatic heterocycles. The van der Waals surface area contributed by atoms with Crippen molar-refractivity contribution in [2.24, 2.45) is 0 Å². The lowest BCUT2D eigenvalue weighted by Crippen LogP contribution is -2.37. The predicted octanol–water partition coefficient (Wildman–Crippen LogP) is 1.79. The number of hydrogen-bond acceptors (Lipinski definition) is 4. The summed E-state index contributed by atoms with van der Waals surface area (Å²) in [4.78, 5) is 11.9. The Morgan fingerprint density at radius 2 is 2.10 bits per heavy atom. The molecule has 2 N–H and O–H groups in total. The Kier molecular flexibility index (Phi) is 4.49. The van der Waals surface area contributed by atoms with Crippen molar-refractivity contribution < 1.29 is 19.4 Å². The van der Waals surface area contributed by atoms with Gasteiger partial charge in [0, 0.05) is 17.7 Å². The molecule has 1 aromatic rings. The SMILES string of the molecule is COc1ccc([C@@H](C)O)c(OC(C)C(=O)NC2CC2)c1. The van der Waals surface area contributed by atoms with E-state index in [4.69, 9.17) is 9.47 Å². The van der Waals surface area contributed by atoms with Gasteiger partial charge >= 0.3 is 0 Å². The maximum absolute atomic E-state index is 11.9. The van der Waals surface area contributed by atoms with Gasteiger partial charge in [-0.1, -0.05) is 0 Å². The van der Waals surface area contributed by atoms with Gasteiger partial charge in [0.1, 0.15) is 11.5 Å². The van der Waals surface area contributed by atoms with Gasteiger partial charge in [-0.25, -0.2) is 0 Å². The summed E-state index contributed by atoms with van der Waals surface area (Å²) in [5, 5.41) is 12.6. The third-order valence-corrected chi connectivity index (χ3v) is 3.27. The first-order chi connectivity index (χ1) is 9.51. The number of aliphatic hydroxyl groups excluding tert-OH is 1. The summed E-state index contributed by atoms with van der Waals surface area (Å²) < 4.78 is 10.8. The minimum atomic E-state index is -0.672. The third kappa shape index (κ3) is 3.63. The normalized spacial score (nSPS) is 17.2. The van der Waals surface area contributed by atoms with Crippen molar-refractivity contribution in [1.29, 1.82) is 0 Å². The highest BCUT2D eigenvalue weighted by atomic mass is 16.5. The molecule has 1 unspecified atom stereocenters. The molecule has 0 saturated heterocycles. The first-order valence-corrected chi connectivity index (χ1v) is 6.84. The first kappa shape index (κ1) is 14.7. The fourth-order valence-electron chi connectivity index (χ4n) is 1.88. The van der Waals surface area contributed by atoms with Crippen LogP contribution in [-0.2, 0) is 4.79 Å². The molecule has 1 aromatic carbocycles. The monoisotopic (exact) mass is 279 g/mol. The molecule has 1 aliphatic carbocycles. The highest BCUT2D eigenvalue weighted by molar-refractivity contribution is 5.81. The molecule has 0 heterocycles. The molecule has 5 nitrogen and oxygen atoms in total. The zero-order chi connectivity index (χ0) is 14.7. The second-order valence-corrected chi connectivity index (χ2v) is 5.12. The maximum Gasteiger partial charge on any atom is 0.260 e. The number of methoxy groups -OCH3 is 1. The van der Waals surface area contributed by atoms with Crippen LogP contribution in [0.25, 0.3) is 0 Å². The highest BCUT2D eigenvalue weighted by Crippen LogP contribution is 2.30. The van der Waals surface area contributed by atoms with Gasteiger partial charge in [0.2, 0.25) is 0 Å². The van der Waals surface area contributed by atoms with Crippen LogP contribution in [0.5, 0.6) is 11.5 Å². The van der Waals surface area contributed by atoms with E-state index in [1.54, 1.807) is 39.2 Å². The standard InChI is InChI=1S/C15H21NO4/c1-9(17)13-7-6-12(19-3)8-14(13)20-10(2)15(18)16-11-4-5-11/h6-11,17H,4-5H2,1-3H3,(H,16,18)/t9-,10?/m1/s1. The van der Waals surface area contributed by atoms with Crippen LogP contribution < -0.4 is 14.8 Å². The highest BCUT2D eigenvalue weighted by Gasteiger charge is 2.27. The van der Waals surface area contributed by atoms with Crippen molar-refractivity contribution in [1.82, 2.24) is 5.32 Å². The number of benzene rings is 1. The average molecular weight is 279 g/mol. The van der Waals surface area contributed by atoms with Crippen LogP contribution >= 0.6 is 0 Å². The Morgan fingerprint density at radius 3 is 2.65 bits per heavy atom. The van der Waals surface area contributed by atoms with E-state index in [2.05, 4.69) is 5.32 Å². The van der Waals surface area contributed by atoms with Gasteiger partial charge in [-0.3, -0.25) is 4.79 Å². The summed E-state index contributed by atoms with van der Waals surface area (Å²) in [6.45, 7) is 3.35. The summed E-state index contributed by atoms with van der Waals surface area (Å²) in [6.07, 6.45) is 0.794. The van der Waals surface area contributed by atoms with E-state index in [1.165, 1.54) is 0 Å². The van der Waals surface area contributed by atoms with E-state index >= 15 is 0 Å². The number of carbonyl (C=O) groups excluding carboxylic acids is 1. The van der Waals surface area contributed by atoms with Crippen LogP contribution in [0.2, 0.25) is 0 Å². The maximum atomic E-state index is 11.9. The molecule has 0 aromatic heterocycles. The van der Waals surface area contributed by atoms with Crippen molar-refractivity contribution in [3.8, 4) is 11.5 Å². The minimum absolute atomic E-state index is 0.133. The molecule has 1 fully saturated rings. The van der Waals surface area contributed by atoms with E-state index in [9.17, 15) is 9.90 Å². The van der Waals surface area contributed by atoms with Crippen LogP contribution in [-0.4, -0.2) is 30.3 Å². The van der Waals surface area contributed by atoms with E-state index in [1.807, 2.05) is 0 Å². The van der Waals surface area contributed by atoms with Crippen LogP contribution in [0.1, 0.15) is 38.4 Å². The molecule has 20 heavy (non-hydrogen) atoms. The van der Waals surface area contributed by atoms with Gasteiger partial charge in [-0.15, -0.1) is 0 Å². The number of ether oxygens (including phenoxy) is 2. The summed E-state index contributed by atoms with van der Waals surface area (Å²) in [5.74, 6) is 0.962. The Balaban J connectivity index is 2.10. The second kappa shape index (κ2) is 6.13. The van der Waals surface area contributed by atoms with Gasteiger partial charge in [0.15, 0.2) is 6.10 Å². The topological polar surface area (TPSA) is 67.8 Å². The van der Waals surface area contributed by atoms with Gasteiger partial charge < -0.3 is 19.9 Å². The van der Waals surface area contributed by atoms with E-state index < -0.39 is 12.2 Å². The Hall–Kier alpha value is -1.75. The van der Waals surface area contributed by atoms with Crippen LogP contribution in [0.4, 0.5) is 0 Å². The summed E-state index contributed by atoms with van der Waals surface area (Å²) in [5.41, 5.74) is 0.636. The van der Waals surface area contributed by atoms with Gasteiger partial charge in [0.05, 0.1) is 13.2 Å². The largest absolute Gasteiger partial charge is 0.497 e. The molecule has 0 spiro atoms. The number of hydrogen-bond donors (Lipinski definition) is 2. The number of nitrogens with one attached hydrogen (secondary N) is 1. The smallest absolute Gasteiger partial charge is 0.260 e. The van der Waals surface area contributed by atoms with Gasteiger partial charge in [0.25, 0.3) is 5.91 Å². The summed E-state index contributed by atoms with van der Waals surface area (Å²) >= 11 is 0. The molecular formula is C15H21NO4. The lowest BCUT2D eigenvalue weighted by atomic mass is 10.1. The third-order valence-electron chi connectivity index (χ3n) is 3.27. The fraction of sp³-hybridized carbons (Fsp3) is 0.533. The van der Waals surface area contributed by atoms with Gasteiger partial charge in [-0.05, 0) is 38.8 Å². The molecule has 1 amide bonds. The lowest BCUT2D eigenvalue weighted by Gasteiger charge is -2.19. The Morgan fingerprint density at radius 1 is 1.40 bits per heavy atom. The van der Waals surface area contributed by atoms with Crippen LogP contribution in [0.15, 0.2) is 18.2 Å². The first-order valence-electron chi connectivity index (χ1n) is 6.84. The number of rotatable bonds is 6. The molecule has 0 bridgehead atoms. The number of carbonyl (C=O) groups is 1. The molecule has 110 valence electrons. The van der Waals surface area contributed by atoms with Crippen molar-refractivity contribution in [3.05, 3.63) is 23.8 Å². The molecule has 0 radical (unpaired) electrons. The van der Waals surface area contributed by atoms with E-state index in [-0.39, 0.29) is 5.91 Å². The molecule has 2 rings (SSSR count). The molecule has 2 atom stereocenters. The zero-order valence-electron chi connectivity index (χ0n) is 12.1. The number of aliphatic hydroxyl groups is 1.